The van der Waals surface area contributed by atoms with E-state index in [2.05, 4.69) is 15.2 Å². The van der Waals surface area contributed by atoms with Crippen LogP contribution in [0.3, 0.4) is 0 Å². The van der Waals surface area contributed by atoms with Crippen molar-refractivity contribution in [3.63, 3.8) is 0 Å². The van der Waals surface area contributed by atoms with Gasteiger partial charge in [0.2, 0.25) is 11.9 Å². The molecule has 6 heteroatoms. The van der Waals surface area contributed by atoms with Crippen molar-refractivity contribution in [2.45, 2.75) is 63.8 Å². The summed E-state index contributed by atoms with van der Waals surface area (Å²) in [6, 6.07) is 0.0774. The van der Waals surface area contributed by atoms with Crippen LogP contribution in [-0.2, 0) is 16.0 Å². The van der Waals surface area contributed by atoms with Crippen molar-refractivity contribution < 1.29 is 9.53 Å². The van der Waals surface area contributed by atoms with Gasteiger partial charge in [-0.15, -0.1) is 0 Å². The number of carbonyl (C=O) groups excluding carboxylic acids is 1. The fourth-order valence-corrected chi connectivity index (χ4v) is 4.51. The smallest absolute Gasteiger partial charge is 0.225 e. The molecule has 0 bridgehead atoms. The summed E-state index contributed by atoms with van der Waals surface area (Å²) in [5.74, 6) is 1.58. The molecule has 1 amide bonds. The Hall–Kier alpha value is -1.69. The Morgan fingerprint density at radius 1 is 1.15 bits per heavy atom. The highest BCUT2D eigenvalue weighted by Crippen LogP contribution is 2.31. The molecule has 26 heavy (non-hydrogen) atoms. The Morgan fingerprint density at radius 2 is 1.96 bits per heavy atom. The summed E-state index contributed by atoms with van der Waals surface area (Å²) >= 11 is 0. The third-order valence-corrected chi connectivity index (χ3v) is 6.00. The number of hydrogen-bond acceptors (Lipinski definition) is 5. The molecule has 1 saturated heterocycles. The highest BCUT2D eigenvalue weighted by molar-refractivity contribution is 5.76. The van der Waals surface area contributed by atoms with E-state index in [1.807, 2.05) is 6.20 Å². The molecular formula is C20H30N4O2. The fraction of sp³-hybridized carbons (Fsp3) is 0.750. The maximum Gasteiger partial charge on any atom is 0.225 e. The zero-order valence-electron chi connectivity index (χ0n) is 15.6. The minimum Gasteiger partial charge on any atom is -0.378 e. The molecule has 0 radical (unpaired) electrons. The van der Waals surface area contributed by atoms with Crippen LogP contribution in [0.1, 0.15) is 68.7 Å². The van der Waals surface area contributed by atoms with Gasteiger partial charge in [-0.25, -0.2) is 9.97 Å². The number of aryl methyl sites for hydroxylation is 1. The van der Waals surface area contributed by atoms with Gasteiger partial charge in [-0.3, -0.25) is 4.79 Å². The third kappa shape index (κ3) is 4.17. The fourth-order valence-electron chi connectivity index (χ4n) is 4.51. The molecule has 142 valence electrons. The highest BCUT2D eigenvalue weighted by atomic mass is 16.5. The maximum absolute atomic E-state index is 12.5. The summed E-state index contributed by atoms with van der Waals surface area (Å²) in [6.45, 7) is 3.17. The zero-order chi connectivity index (χ0) is 17.8. The van der Waals surface area contributed by atoms with Crippen molar-refractivity contribution in [3.8, 4) is 0 Å². The molecular weight excluding hydrogens is 328 g/mol. The van der Waals surface area contributed by atoms with Crippen LogP contribution in [0.15, 0.2) is 6.20 Å². The number of aromatic nitrogens is 2. The summed E-state index contributed by atoms with van der Waals surface area (Å²) in [7, 11) is 0. The predicted octanol–water partition coefficient (Wildman–Crippen LogP) is 2.78. The number of carbonyl (C=O) groups is 1. The number of morpholine rings is 1. The largest absolute Gasteiger partial charge is 0.378 e. The lowest BCUT2D eigenvalue weighted by atomic mass is 9.86. The third-order valence-electron chi connectivity index (χ3n) is 6.00. The first kappa shape index (κ1) is 17.7. The van der Waals surface area contributed by atoms with Crippen LogP contribution >= 0.6 is 0 Å². The first-order chi connectivity index (χ1) is 12.8. The molecule has 2 heterocycles. The summed E-state index contributed by atoms with van der Waals surface area (Å²) in [5, 5.41) is 3.27. The van der Waals surface area contributed by atoms with Crippen LogP contribution < -0.4 is 10.2 Å². The maximum atomic E-state index is 12.5. The first-order valence-corrected chi connectivity index (χ1v) is 10.3. The second-order valence-corrected chi connectivity index (χ2v) is 7.89. The van der Waals surface area contributed by atoms with Crippen LogP contribution in [0.25, 0.3) is 0 Å². The molecule has 0 spiro atoms. The van der Waals surface area contributed by atoms with Gasteiger partial charge in [-0.2, -0.15) is 0 Å². The van der Waals surface area contributed by atoms with Gasteiger partial charge in [-0.1, -0.05) is 19.3 Å². The van der Waals surface area contributed by atoms with Crippen molar-refractivity contribution in [1.82, 2.24) is 15.3 Å². The summed E-state index contributed by atoms with van der Waals surface area (Å²) in [5.41, 5.74) is 2.22. The first-order valence-electron chi connectivity index (χ1n) is 10.3. The number of nitrogens with one attached hydrogen (secondary N) is 1. The minimum atomic E-state index is 0.0774. The number of nitrogens with zero attached hydrogens (tertiary/aromatic N) is 3. The van der Waals surface area contributed by atoms with Gasteiger partial charge in [0.1, 0.15) is 0 Å². The normalized spacial score (nSPS) is 24.2. The number of fused-ring (bicyclic) bond motifs is 1. The van der Waals surface area contributed by atoms with Crippen molar-refractivity contribution >= 4 is 11.9 Å². The van der Waals surface area contributed by atoms with Crippen LogP contribution in [0.2, 0.25) is 0 Å². The molecule has 0 unspecified atom stereocenters. The molecule has 1 aromatic heterocycles. The molecule has 1 saturated carbocycles. The number of ether oxygens (including phenoxy) is 1. The topological polar surface area (TPSA) is 67.4 Å². The van der Waals surface area contributed by atoms with E-state index in [0.29, 0.717) is 12.3 Å². The minimum absolute atomic E-state index is 0.0774. The predicted molar refractivity (Wildman–Crippen MR) is 100 cm³/mol. The lowest BCUT2D eigenvalue weighted by Crippen LogP contribution is -2.38. The highest BCUT2D eigenvalue weighted by Gasteiger charge is 2.26. The molecule has 2 aliphatic carbocycles. The Kier molecular flexibility index (Phi) is 5.68. The number of hydrogen-bond donors (Lipinski definition) is 1. The number of rotatable bonds is 4. The summed E-state index contributed by atoms with van der Waals surface area (Å²) in [4.78, 5) is 24.1. The lowest BCUT2D eigenvalue weighted by Gasteiger charge is -2.30. The Labute approximate surface area is 155 Å². The number of amides is 1. The van der Waals surface area contributed by atoms with Crippen LogP contribution in [-0.4, -0.2) is 42.2 Å². The molecule has 1 N–H and O–H groups in total. The van der Waals surface area contributed by atoms with E-state index < -0.39 is 0 Å². The molecule has 1 aliphatic heterocycles. The van der Waals surface area contributed by atoms with E-state index in [9.17, 15) is 4.79 Å². The molecule has 0 aromatic carbocycles. The van der Waals surface area contributed by atoms with Crippen molar-refractivity contribution in [2.24, 2.45) is 5.92 Å². The summed E-state index contributed by atoms with van der Waals surface area (Å²) < 4.78 is 5.41. The van der Waals surface area contributed by atoms with Crippen LogP contribution in [0.4, 0.5) is 5.95 Å². The molecule has 4 rings (SSSR count). The molecule has 6 nitrogen and oxygen atoms in total. The molecule has 1 aromatic rings. The quantitative estimate of drug-likeness (QED) is 0.896. The van der Waals surface area contributed by atoms with E-state index in [0.717, 1.165) is 62.8 Å². The van der Waals surface area contributed by atoms with E-state index in [1.54, 1.807) is 0 Å². The van der Waals surface area contributed by atoms with E-state index >= 15 is 0 Å². The van der Waals surface area contributed by atoms with Gasteiger partial charge in [0.05, 0.1) is 24.9 Å². The van der Waals surface area contributed by atoms with Gasteiger partial charge in [0.25, 0.3) is 0 Å². The van der Waals surface area contributed by atoms with E-state index in [4.69, 9.17) is 9.72 Å². The van der Waals surface area contributed by atoms with Gasteiger partial charge < -0.3 is 15.0 Å². The molecule has 3 aliphatic rings. The van der Waals surface area contributed by atoms with Gasteiger partial charge in [0, 0.05) is 31.3 Å². The van der Waals surface area contributed by atoms with Gasteiger partial charge in [0.15, 0.2) is 0 Å². The van der Waals surface area contributed by atoms with E-state index in [1.165, 1.54) is 32.1 Å². The van der Waals surface area contributed by atoms with Gasteiger partial charge >= 0.3 is 0 Å². The summed E-state index contributed by atoms with van der Waals surface area (Å²) in [6.07, 6.45) is 12.0. The Bertz CT molecular complexity index is 624. The van der Waals surface area contributed by atoms with Crippen molar-refractivity contribution in [3.05, 3.63) is 17.5 Å². The van der Waals surface area contributed by atoms with Crippen LogP contribution in [0.5, 0.6) is 0 Å². The van der Waals surface area contributed by atoms with Crippen LogP contribution in [0, 0.1) is 5.92 Å². The zero-order valence-corrected chi connectivity index (χ0v) is 15.6. The Balaban J connectivity index is 1.40. The average molecular weight is 358 g/mol. The molecule has 1 atom stereocenters. The standard InChI is InChI=1S/C20H30N4O2/c25-19(13-15-5-2-1-3-6-15)22-17-7-4-8-18-16(17)14-21-20(23-18)24-9-11-26-12-10-24/h14-15,17H,1-13H2,(H,22,25)/t17-/m1/s1. The van der Waals surface area contributed by atoms with E-state index in [-0.39, 0.29) is 11.9 Å². The Morgan fingerprint density at radius 3 is 2.77 bits per heavy atom. The van der Waals surface area contributed by atoms with Gasteiger partial charge in [-0.05, 0) is 38.0 Å². The molecule has 2 fully saturated rings. The second-order valence-electron chi connectivity index (χ2n) is 7.89. The number of anilines is 1. The van der Waals surface area contributed by atoms with Crippen molar-refractivity contribution in [2.75, 3.05) is 31.2 Å². The second kappa shape index (κ2) is 8.33. The monoisotopic (exact) mass is 358 g/mol. The lowest BCUT2D eigenvalue weighted by molar-refractivity contribution is -0.123. The SMILES string of the molecule is O=C(CC1CCCCC1)N[C@@H]1CCCc2nc(N3CCOCC3)ncc21. The average Bonchev–Trinajstić information content (AvgIpc) is 2.69. The van der Waals surface area contributed by atoms with Crippen molar-refractivity contribution in [1.29, 1.82) is 0 Å².